The maximum Gasteiger partial charge on any atom is 0.410 e. The third-order valence-corrected chi connectivity index (χ3v) is 10.8. The van der Waals surface area contributed by atoms with Gasteiger partial charge in [0.15, 0.2) is 0 Å². The summed E-state index contributed by atoms with van der Waals surface area (Å²) >= 11 is 1.22. The van der Waals surface area contributed by atoms with Gasteiger partial charge in [-0.05, 0) is 114 Å². The summed E-state index contributed by atoms with van der Waals surface area (Å²) in [6.07, 6.45) is 6.42. The van der Waals surface area contributed by atoms with Crippen molar-refractivity contribution in [2.45, 2.75) is 121 Å². The minimum Gasteiger partial charge on any atom is -0.444 e. The lowest BCUT2D eigenvalue weighted by Gasteiger charge is -2.34. The van der Waals surface area contributed by atoms with Gasteiger partial charge in [-0.25, -0.2) is 14.8 Å². The molecule has 0 saturated carbocycles. The number of amides is 2. The van der Waals surface area contributed by atoms with E-state index < -0.39 is 5.60 Å². The van der Waals surface area contributed by atoms with Gasteiger partial charge in [-0.3, -0.25) is 14.5 Å². The second-order valence-electron chi connectivity index (χ2n) is 16.7. The first-order chi connectivity index (χ1) is 23.6. The highest BCUT2D eigenvalue weighted by atomic mass is 32.2. The molecule has 2 fully saturated rings. The molecule has 6 heterocycles. The molecule has 6 rings (SSSR count). The molecule has 2 unspecified atom stereocenters. The summed E-state index contributed by atoms with van der Waals surface area (Å²) in [5, 5.41) is 4.38. The highest BCUT2D eigenvalue weighted by Gasteiger charge is 2.41. The first kappa shape index (κ1) is 35.9. The van der Waals surface area contributed by atoms with E-state index in [1.165, 1.54) is 17.5 Å². The number of nitrogens with zero attached hydrogens (tertiary/aromatic N) is 5. The fourth-order valence-corrected chi connectivity index (χ4v) is 7.97. The summed E-state index contributed by atoms with van der Waals surface area (Å²) in [5.41, 5.74) is 2.93. The average Bonchev–Trinajstić information content (AvgIpc) is 3.37. The number of carbonyl (C=O) groups excluding carboxylic acids is 2. The van der Waals surface area contributed by atoms with Gasteiger partial charge in [-0.2, -0.15) is 0 Å². The van der Waals surface area contributed by atoms with E-state index in [9.17, 15) is 9.59 Å². The molecule has 3 aliphatic rings. The van der Waals surface area contributed by atoms with Gasteiger partial charge >= 0.3 is 6.09 Å². The van der Waals surface area contributed by atoms with E-state index in [4.69, 9.17) is 19.7 Å². The van der Waals surface area contributed by atoms with E-state index in [2.05, 4.69) is 61.7 Å². The lowest BCUT2D eigenvalue weighted by Crippen LogP contribution is -2.41. The number of pyridine rings is 3. The Morgan fingerprint density at radius 1 is 0.960 bits per heavy atom. The molecule has 3 aromatic heterocycles. The Hall–Kier alpha value is -3.86. The van der Waals surface area contributed by atoms with E-state index in [1.54, 1.807) is 0 Å². The summed E-state index contributed by atoms with van der Waals surface area (Å²) < 4.78 is 8.63. The number of aromatic nitrogens is 3. The number of fused-ring (bicyclic) bond motifs is 6. The van der Waals surface area contributed by atoms with Crippen LogP contribution in [0.1, 0.15) is 127 Å². The second-order valence-corrected chi connectivity index (χ2v) is 17.6. The van der Waals surface area contributed by atoms with Crippen molar-refractivity contribution < 1.29 is 14.3 Å². The summed E-state index contributed by atoms with van der Waals surface area (Å²) in [4.78, 5) is 45.5. The van der Waals surface area contributed by atoms with Crippen LogP contribution in [0.2, 0.25) is 0 Å². The standard InChI is InChI=1S/C39H53N7O3S/c1-37(2,3)31-17-14-28-34(42-31)46-24-25(22-39(46,7)8)12-15-30(41-32-10-9-11-33(43-32)50-44-35(28)47)29-16-13-27(23-40-29)26-18-20-45(21-19-26)36(48)49-38(4,5)6/h9-11,13-14,16-17,23,25-26,30H,12,15,18-22,24H2,1-8H3,(H,41,43)(H,44,47). The van der Waals surface area contributed by atoms with Crippen LogP contribution in [-0.4, -0.2) is 62.6 Å². The van der Waals surface area contributed by atoms with E-state index in [-0.39, 0.29) is 29.0 Å². The Bertz CT molecular complexity index is 1690. The molecule has 0 aliphatic carbocycles. The Labute approximate surface area is 301 Å². The van der Waals surface area contributed by atoms with Crippen LogP contribution in [0.3, 0.4) is 0 Å². The van der Waals surface area contributed by atoms with Crippen molar-refractivity contribution in [3.63, 3.8) is 0 Å². The molecule has 2 N–H and O–H groups in total. The largest absolute Gasteiger partial charge is 0.444 e. The first-order valence-electron chi connectivity index (χ1n) is 18.0. The molecule has 0 radical (unpaired) electrons. The van der Waals surface area contributed by atoms with Crippen molar-refractivity contribution in [3.05, 3.63) is 71.2 Å². The molecular weight excluding hydrogens is 647 g/mol. The SMILES string of the molecule is CC(C)(C)OC(=O)N1CCC(c2ccc(C3CCC4CN(c5nc(C(C)(C)C)ccc5C(=O)NSc5cccc(n5)N3)C(C)(C)C4)nc2)CC1. The molecule has 4 bridgehead atoms. The van der Waals surface area contributed by atoms with Gasteiger partial charge < -0.3 is 19.9 Å². The molecule has 50 heavy (non-hydrogen) atoms. The third-order valence-electron chi connectivity index (χ3n) is 10.0. The van der Waals surface area contributed by atoms with Crippen LogP contribution in [0, 0.1) is 5.92 Å². The smallest absolute Gasteiger partial charge is 0.410 e. The summed E-state index contributed by atoms with van der Waals surface area (Å²) in [6, 6.07) is 14.1. The zero-order valence-electron chi connectivity index (χ0n) is 30.9. The highest BCUT2D eigenvalue weighted by Crippen LogP contribution is 2.41. The molecule has 3 aromatic rings. The molecule has 268 valence electrons. The summed E-state index contributed by atoms with van der Waals surface area (Å²) in [5.74, 6) is 2.09. The number of hydrogen-bond acceptors (Lipinski definition) is 9. The normalized spacial score (nSPS) is 21.7. The minimum absolute atomic E-state index is 0.0411. The number of ether oxygens (including phenoxy) is 1. The Morgan fingerprint density at radius 2 is 1.72 bits per heavy atom. The summed E-state index contributed by atoms with van der Waals surface area (Å²) in [7, 11) is 0. The van der Waals surface area contributed by atoms with Crippen molar-refractivity contribution in [2.24, 2.45) is 5.92 Å². The number of carbonyl (C=O) groups is 2. The van der Waals surface area contributed by atoms with Crippen molar-refractivity contribution in [1.29, 1.82) is 0 Å². The monoisotopic (exact) mass is 699 g/mol. The second kappa shape index (κ2) is 14.0. The van der Waals surface area contributed by atoms with Gasteiger partial charge in [-0.1, -0.05) is 32.9 Å². The Kier molecular flexibility index (Phi) is 10.1. The Morgan fingerprint density at radius 3 is 2.40 bits per heavy atom. The molecule has 3 aliphatic heterocycles. The Balaban J connectivity index is 1.23. The number of anilines is 2. The number of hydrogen-bond donors (Lipinski definition) is 2. The quantitative estimate of drug-likeness (QED) is 0.255. The minimum atomic E-state index is -0.495. The van der Waals surface area contributed by atoms with Crippen LogP contribution in [0.25, 0.3) is 0 Å². The van der Waals surface area contributed by atoms with Crippen LogP contribution in [0.15, 0.2) is 53.7 Å². The van der Waals surface area contributed by atoms with Gasteiger partial charge in [0.05, 0.1) is 17.3 Å². The molecule has 10 nitrogen and oxygen atoms in total. The third kappa shape index (κ3) is 8.36. The highest BCUT2D eigenvalue weighted by molar-refractivity contribution is 7.97. The van der Waals surface area contributed by atoms with Crippen molar-refractivity contribution in [1.82, 2.24) is 24.6 Å². The molecule has 0 aromatic carbocycles. The average molecular weight is 700 g/mol. The predicted molar refractivity (Wildman–Crippen MR) is 200 cm³/mol. The van der Waals surface area contributed by atoms with Gasteiger partial charge in [0.2, 0.25) is 0 Å². The van der Waals surface area contributed by atoms with Crippen LogP contribution in [0.4, 0.5) is 16.4 Å². The lowest BCUT2D eigenvalue weighted by molar-refractivity contribution is 0.0204. The van der Waals surface area contributed by atoms with Crippen molar-refractivity contribution in [3.8, 4) is 0 Å². The maximum absolute atomic E-state index is 13.7. The number of rotatable bonds is 2. The van der Waals surface area contributed by atoms with Crippen LogP contribution in [-0.2, 0) is 10.2 Å². The fraction of sp³-hybridized carbons (Fsp3) is 0.564. The zero-order chi connectivity index (χ0) is 35.8. The topological polar surface area (TPSA) is 113 Å². The number of likely N-dealkylation sites (tertiary alicyclic amines) is 1. The van der Waals surface area contributed by atoms with Gasteiger partial charge in [0, 0.05) is 54.4 Å². The van der Waals surface area contributed by atoms with Crippen LogP contribution < -0.4 is 14.9 Å². The zero-order valence-corrected chi connectivity index (χ0v) is 31.7. The molecule has 11 heteroatoms. The van der Waals surface area contributed by atoms with Crippen LogP contribution in [0.5, 0.6) is 0 Å². The molecule has 2 amide bonds. The van der Waals surface area contributed by atoms with Crippen LogP contribution >= 0.6 is 11.9 Å². The molecule has 2 atom stereocenters. The van der Waals surface area contributed by atoms with Gasteiger partial charge in [-0.15, -0.1) is 0 Å². The van der Waals surface area contributed by atoms with Crippen molar-refractivity contribution >= 4 is 35.6 Å². The summed E-state index contributed by atoms with van der Waals surface area (Å²) in [6.45, 7) is 18.9. The van der Waals surface area contributed by atoms with Gasteiger partial charge in [0.25, 0.3) is 5.91 Å². The molecular formula is C39H53N7O3S. The van der Waals surface area contributed by atoms with E-state index in [0.29, 0.717) is 35.5 Å². The van der Waals surface area contributed by atoms with E-state index in [1.807, 2.05) is 62.2 Å². The van der Waals surface area contributed by atoms with Crippen molar-refractivity contribution in [2.75, 3.05) is 29.9 Å². The van der Waals surface area contributed by atoms with E-state index >= 15 is 0 Å². The molecule has 2 saturated heterocycles. The fourth-order valence-electron chi connectivity index (χ4n) is 7.37. The predicted octanol–water partition coefficient (Wildman–Crippen LogP) is 8.27. The maximum atomic E-state index is 13.7. The lowest BCUT2D eigenvalue weighted by atomic mass is 9.89. The first-order valence-corrected chi connectivity index (χ1v) is 18.8. The number of piperidine rings is 1. The molecule has 0 spiro atoms. The number of nitrogens with one attached hydrogen (secondary N) is 2. The van der Waals surface area contributed by atoms with E-state index in [0.717, 1.165) is 61.7 Å². The van der Waals surface area contributed by atoms with Gasteiger partial charge in [0.1, 0.15) is 22.3 Å².